The van der Waals surface area contributed by atoms with E-state index in [1.54, 1.807) is 0 Å². The number of ketones is 1. The van der Waals surface area contributed by atoms with Crippen molar-refractivity contribution >= 4 is 11.7 Å². The molecule has 0 aliphatic rings. The number of Topliss-reactive ketones (excluding diaryl/α,β-unsaturated/α-hetero) is 1. The molecular formula is C15H15F2N3O3. The van der Waals surface area contributed by atoms with Gasteiger partial charge < -0.3 is 10.4 Å². The van der Waals surface area contributed by atoms with Gasteiger partial charge >= 0.3 is 0 Å². The Bertz CT molecular complexity index is 729. The lowest BCUT2D eigenvalue weighted by atomic mass is 10.1. The Hall–Kier alpha value is -2.77. The van der Waals surface area contributed by atoms with Gasteiger partial charge in [-0.25, -0.2) is 8.78 Å². The van der Waals surface area contributed by atoms with Gasteiger partial charge in [-0.1, -0.05) is 0 Å². The van der Waals surface area contributed by atoms with E-state index in [-0.39, 0.29) is 29.2 Å². The molecule has 0 bridgehead atoms. The number of carbonyl (C=O) groups excluding carboxylic acids is 2. The number of hydrogen-bond donors (Lipinski definition) is 2. The summed E-state index contributed by atoms with van der Waals surface area (Å²) in [6, 6.07) is 5.51. The van der Waals surface area contributed by atoms with Gasteiger partial charge in [0, 0.05) is 11.8 Å². The molecule has 0 saturated carbocycles. The summed E-state index contributed by atoms with van der Waals surface area (Å²) in [5, 5.41) is 16.2. The zero-order valence-electron chi connectivity index (χ0n) is 12.3. The summed E-state index contributed by atoms with van der Waals surface area (Å²) in [6.45, 7) is 0.864. The number of phenols is 1. The van der Waals surface area contributed by atoms with E-state index in [0.29, 0.717) is 5.69 Å². The molecule has 6 nitrogen and oxygen atoms in total. The summed E-state index contributed by atoms with van der Waals surface area (Å²) in [7, 11) is 0. The summed E-state index contributed by atoms with van der Waals surface area (Å²) < 4.78 is 25.5. The molecular weight excluding hydrogens is 308 g/mol. The number of phenolic OH excluding ortho intramolecular Hbond substituents is 1. The first-order valence-electron chi connectivity index (χ1n) is 6.79. The van der Waals surface area contributed by atoms with Crippen molar-refractivity contribution in [2.24, 2.45) is 0 Å². The average molecular weight is 323 g/mol. The molecule has 0 fully saturated rings. The summed E-state index contributed by atoms with van der Waals surface area (Å²) in [4.78, 5) is 23.2. The molecule has 8 heteroatoms. The molecule has 23 heavy (non-hydrogen) atoms. The zero-order chi connectivity index (χ0) is 17.0. The minimum absolute atomic E-state index is 0.0598. The molecule has 2 N–H and O–H groups in total. The van der Waals surface area contributed by atoms with Crippen molar-refractivity contribution in [1.82, 2.24) is 15.1 Å². The first-order chi connectivity index (χ1) is 10.9. The first kappa shape index (κ1) is 16.6. The Labute approximate surface area is 130 Å². The predicted molar refractivity (Wildman–Crippen MR) is 77.5 cm³/mol. The van der Waals surface area contributed by atoms with E-state index in [2.05, 4.69) is 10.4 Å². The normalized spacial score (nSPS) is 10.8. The molecule has 0 unspecified atom stereocenters. The molecule has 2 aromatic rings. The maximum absolute atomic E-state index is 12.2. The van der Waals surface area contributed by atoms with Crippen LogP contribution in [0, 0.1) is 0 Å². The number of benzene rings is 1. The third kappa shape index (κ3) is 4.35. The molecule has 2 rings (SSSR count). The van der Waals surface area contributed by atoms with Crippen molar-refractivity contribution < 1.29 is 23.5 Å². The molecule has 0 aliphatic carbocycles. The smallest absolute Gasteiger partial charge is 0.257 e. The van der Waals surface area contributed by atoms with Gasteiger partial charge in [0.15, 0.2) is 5.78 Å². The van der Waals surface area contributed by atoms with E-state index in [1.807, 2.05) is 0 Å². The molecule has 1 aromatic carbocycles. The number of alkyl halides is 2. The number of aromatic hydroxyl groups is 1. The molecule has 1 heterocycles. The van der Waals surface area contributed by atoms with E-state index in [1.165, 1.54) is 37.4 Å². The van der Waals surface area contributed by atoms with Crippen LogP contribution in [0.4, 0.5) is 8.78 Å². The van der Waals surface area contributed by atoms with Gasteiger partial charge in [-0.2, -0.15) is 5.10 Å². The van der Waals surface area contributed by atoms with Crippen LogP contribution in [0.5, 0.6) is 5.75 Å². The number of carbonyl (C=O) groups is 2. The van der Waals surface area contributed by atoms with Gasteiger partial charge in [0.2, 0.25) is 0 Å². The molecule has 0 atom stereocenters. The monoisotopic (exact) mass is 323 g/mol. The lowest BCUT2D eigenvalue weighted by molar-refractivity contribution is 0.0946. The van der Waals surface area contributed by atoms with Crippen LogP contribution in [0.25, 0.3) is 0 Å². The summed E-state index contributed by atoms with van der Waals surface area (Å²) in [5.41, 5.74) is 0.746. The van der Waals surface area contributed by atoms with Crippen molar-refractivity contribution in [3.8, 4) is 5.75 Å². The minimum atomic E-state index is -2.50. The average Bonchev–Trinajstić information content (AvgIpc) is 2.90. The van der Waals surface area contributed by atoms with Crippen LogP contribution in [-0.4, -0.2) is 33.0 Å². The number of nitrogens with zero attached hydrogens (tertiary/aromatic N) is 2. The molecule has 0 aliphatic heterocycles. The number of halogens is 2. The van der Waals surface area contributed by atoms with E-state index < -0.39 is 18.9 Å². The van der Waals surface area contributed by atoms with Crippen LogP contribution >= 0.6 is 0 Å². The quantitative estimate of drug-likeness (QED) is 0.796. The number of aromatic nitrogens is 2. The third-order valence-corrected chi connectivity index (χ3v) is 3.09. The SMILES string of the molecule is CC(=O)c1ccc(C(=O)NCc2ccn(CC(F)F)n2)cc1O. The second kappa shape index (κ2) is 6.99. The lowest BCUT2D eigenvalue weighted by Gasteiger charge is -2.06. The second-order valence-electron chi connectivity index (χ2n) is 4.89. The Morgan fingerprint density at radius 2 is 2.09 bits per heavy atom. The van der Waals surface area contributed by atoms with Gasteiger partial charge in [0.05, 0.1) is 17.8 Å². The van der Waals surface area contributed by atoms with Gasteiger partial charge in [-0.15, -0.1) is 0 Å². The van der Waals surface area contributed by atoms with E-state index in [4.69, 9.17) is 0 Å². The fourth-order valence-corrected chi connectivity index (χ4v) is 1.98. The fraction of sp³-hybridized carbons (Fsp3) is 0.267. The van der Waals surface area contributed by atoms with Crippen LogP contribution < -0.4 is 5.32 Å². The third-order valence-electron chi connectivity index (χ3n) is 3.09. The standard InChI is InChI=1S/C15H15F2N3O3/c1-9(21)12-3-2-10(6-13(12)22)15(23)18-7-11-4-5-20(19-11)8-14(16)17/h2-6,14,22H,7-8H2,1H3,(H,18,23). The molecule has 0 radical (unpaired) electrons. The van der Waals surface area contributed by atoms with E-state index >= 15 is 0 Å². The predicted octanol–water partition coefficient (Wildman–Crippen LogP) is 1.99. The Balaban J connectivity index is 1.98. The lowest BCUT2D eigenvalue weighted by Crippen LogP contribution is -2.23. The Morgan fingerprint density at radius 1 is 1.35 bits per heavy atom. The summed E-state index contributed by atoms with van der Waals surface area (Å²) >= 11 is 0. The molecule has 1 aromatic heterocycles. The van der Waals surface area contributed by atoms with Gasteiger partial charge in [0.25, 0.3) is 12.3 Å². The zero-order valence-corrected chi connectivity index (χ0v) is 12.3. The number of hydrogen-bond acceptors (Lipinski definition) is 4. The van der Waals surface area contributed by atoms with Crippen molar-refractivity contribution in [3.05, 3.63) is 47.3 Å². The molecule has 1 amide bonds. The first-order valence-corrected chi connectivity index (χ1v) is 6.79. The highest BCUT2D eigenvalue weighted by molar-refractivity contribution is 6.00. The Kier molecular flexibility index (Phi) is 5.05. The fourth-order valence-electron chi connectivity index (χ4n) is 1.98. The number of amides is 1. The van der Waals surface area contributed by atoms with Crippen LogP contribution in [0.1, 0.15) is 33.3 Å². The topological polar surface area (TPSA) is 84.2 Å². The summed E-state index contributed by atoms with van der Waals surface area (Å²) in [5.74, 6) is -1.05. The Morgan fingerprint density at radius 3 is 2.70 bits per heavy atom. The summed E-state index contributed by atoms with van der Waals surface area (Å²) in [6.07, 6.45) is -1.10. The van der Waals surface area contributed by atoms with Crippen LogP contribution in [-0.2, 0) is 13.1 Å². The van der Waals surface area contributed by atoms with Gasteiger partial charge in [0.1, 0.15) is 12.3 Å². The van der Waals surface area contributed by atoms with Crippen molar-refractivity contribution in [1.29, 1.82) is 0 Å². The van der Waals surface area contributed by atoms with Crippen LogP contribution in [0.3, 0.4) is 0 Å². The number of rotatable bonds is 6. The minimum Gasteiger partial charge on any atom is -0.507 e. The molecule has 0 saturated heterocycles. The highest BCUT2D eigenvalue weighted by Crippen LogP contribution is 2.19. The van der Waals surface area contributed by atoms with Crippen LogP contribution in [0.15, 0.2) is 30.5 Å². The highest BCUT2D eigenvalue weighted by atomic mass is 19.3. The maximum atomic E-state index is 12.2. The van der Waals surface area contributed by atoms with Crippen molar-refractivity contribution in [2.75, 3.05) is 0 Å². The molecule has 0 spiro atoms. The van der Waals surface area contributed by atoms with E-state index in [9.17, 15) is 23.5 Å². The number of nitrogens with one attached hydrogen (secondary N) is 1. The van der Waals surface area contributed by atoms with Crippen LogP contribution in [0.2, 0.25) is 0 Å². The highest BCUT2D eigenvalue weighted by Gasteiger charge is 2.12. The van der Waals surface area contributed by atoms with Gasteiger partial charge in [-0.05, 0) is 31.2 Å². The van der Waals surface area contributed by atoms with Gasteiger partial charge in [-0.3, -0.25) is 14.3 Å². The van der Waals surface area contributed by atoms with E-state index in [0.717, 1.165) is 4.68 Å². The maximum Gasteiger partial charge on any atom is 0.257 e. The molecule has 122 valence electrons. The second-order valence-corrected chi connectivity index (χ2v) is 4.89. The van der Waals surface area contributed by atoms with Crippen molar-refractivity contribution in [3.63, 3.8) is 0 Å². The largest absolute Gasteiger partial charge is 0.507 e. The van der Waals surface area contributed by atoms with Crippen molar-refractivity contribution in [2.45, 2.75) is 26.4 Å².